The second kappa shape index (κ2) is 18.5. The van der Waals surface area contributed by atoms with Gasteiger partial charge >= 0.3 is 6.09 Å². The number of benzene rings is 2. The Morgan fingerprint density at radius 2 is 1.81 bits per heavy atom. The van der Waals surface area contributed by atoms with Crippen LogP contribution in [0, 0.1) is 0 Å². The molecule has 1 saturated carbocycles. The monoisotopic (exact) mass is 801 g/mol. The second-order valence-corrected chi connectivity index (χ2v) is 17.6. The van der Waals surface area contributed by atoms with Gasteiger partial charge in [-0.2, -0.15) is 0 Å². The third-order valence-corrected chi connectivity index (χ3v) is 12.8. The fourth-order valence-electron chi connectivity index (χ4n) is 7.53. The molecular formula is C43H55N5O8S. The van der Waals surface area contributed by atoms with Gasteiger partial charge in [-0.1, -0.05) is 81.5 Å². The number of pyridine rings is 1. The van der Waals surface area contributed by atoms with E-state index in [-0.39, 0.29) is 26.0 Å². The van der Waals surface area contributed by atoms with Gasteiger partial charge in [0, 0.05) is 23.4 Å². The van der Waals surface area contributed by atoms with Crippen LogP contribution in [0.15, 0.2) is 67.3 Å². The van der Waals surface area contributed by atoms with E-state index in [0.29, 0.717) is 43.5 Å². The number of alkyl carbamates (subject to hydrolysis) is 1. The van der Waals surface area contributed by atoms with Crippen LogP contribution >= 0.6 is 0 Å². The zero-order valence-electron chi connectivity index (χ0n) is 33.0. The number of aromatic nitrogens is 1. The van der Waals surface area contributed by atoms with Crippen molar-refractivity contribution in [3.8, 4) is 17.0 Å². The third-order valence-electron chi connectivity index (χ3n) is 11.0. The fourth-order valence-corrected chi connectivity index (χ4v) is 8.94. The average Bonchev–Trinajstić information content (AvgIpc) is 3.98. The maximum Gasteiger partial charge on any atom is 0.407 e. The quantitative estimate of drug-likeness (QED) is 0.194. The molecule has 4 bridgehead atoms. The highest BCUT2D eigenvalue weighted by atomic mass is 32.2. The van der Waals surface area contributed by atoms with Gasteiger partial charge in [-0.25, -0.2) is 18.2 Å². The van der Waals surface area contributed by atoms with Crippen LogP contribution in [0.25, 0.3) is 22.2 Å². The Morgan fingerprint density at radius 3 is 2.54 bits per heavy atom. The zero-order chi connectivity index (χ0) is 40.6. The van der Waals surface area contributed by atoms with Crippen LogP contribution < -0.4 is 20.1 Å². The molecule has 3 aromatic rings. The summed E-state index contributed by atoms with van der Waals surface area (Å²) < 4.78 is 40.0. The number of ether oxygens (including phenoxy) is 2. The molecular weight excluding hydrogens is 747 g/mol. The van der Waals surface area contributed by atoms with Gasteiger partial charge in [0.2, 0.25) is 21.8 Å². The van der Waals surface area contributed by atoms with Crippen molar-refractivity contribution in [1.29, 1.82) is 0 Å². The van der Waals surface area contributed by atoms with Crippen LogP contribution in [0.3, 0.4) is 0 Å². The van der Waals surface area contributed by atoms with Gasteiger partial charge in [0.1, 0.15) is 29.5 Å². The summed E-state index contributed by atoms with van der Waals surface area (Å²) >= 11 is 0. The maximum absolute atomic E-state index is 14.5. The number of unbranched alkanes of at least 4 members (excludes halogenated alkanes) is 1. The number of hydrogen-bond acceptors (Lipinski definition) is 9. The van der Waals surface area contributed by atoms with Gasteiger partial charge in [0.15, 0.2) is 0 Å². The summed E-state index contributed by atoms with van der Waals surface area (Å²) in [5.41, 5.74) is 1.78. The van der Waals surface area contributed by atoms with Crippen molar-refractivity contribution < 1.29 is 37.1 Å². The first-order chi connectivity index (χ1) is 27.4. The van der Waals surface area contributed by atoms with E-state index in [4.69, 9.17) is 14.5 Å². The number of amides is 4. The van der Waals surface area contributed by atoms with E-state index in [1.165, 1.54) is 17.9 Å². The first kappa shape index (κ1) is 41.6. The van der Waals surface area contributed by atoms with Crippen LogP contribution in [0.2, 0.25) is 0 Å². The fraction of sp³-hybridized carbons (Fsp3) is 0.512. The van der Waals surface area contributed by atoms with E-state index in [1.54, 1.807) is 0 Å². The number of sulfonamides is 1. The normalized spacial score (nSPS) is 22.1. The molecule has 1 aromatic heterocycles. The molecule has 4 amide bonds. The number of carbonyl (C=O) groups is 4. The van der Waals surface area contributed by atoms with Crippen molar-refractivity contribution in [3.63, 3.8) is 0 Å². The Bertz CT molecular complexity index is 2060. The molecule has 14 heteroatoms. The maximum atomic E-state index is 14.5. The molecule has 2 aromatic carbocycles. The number of fused-ring (bicyclic) bond motifs is 3. The third kappa shape index (κ3) is 10.5. The number of rotatable bonds is 11. The predicted octanol–water partition coefficient (Wildman–Crippen LogP) is 6.10. The van der Waals surface area contributed by atoms with Gasteiger partial charge in [0.25, 0.3) is 5.91 Å². The molecule has 1 aliphatic carbocycles. The molecule has 1 unspecified atom stereocenters. The van der Waals surface area contributed by atoms with Crippen molar-refractivity contribution in [2.75, 3.05) is 13.2 Å². The molecule has 3 heterocycles. The first-order valence-corrected chi connectivity index (χ1v) is 21.8. The minimum atomic E-state index is -3.92. The van der Waals surface area contributed by atoms with Gasteiger partial charge in [-0.3, -0.25) is 19.1 Å². The summed E-state index contributed by atoms with van der Waals surface area (Å²) in [6.07, 6.45) is 8.10. The number of nitrogens with zero attached hydrogens (tertiary/aromatic N) is 2. The molecule has 6 rings (SSSR count). The summed E-state index contributed by atoms with van der Waals surface area (Å²) in [5, 5.41) is 5.70. The number of hydrogen-bond donors (Lipinski definition) is 3. The number of cyclic esters (lactones) is 1. The molecule has 2 fully saturated rings. The molecule has 3 aliphatic rings. The van der Waals surface area contributed by atoms with Gasteiger partial charge in [0.05, 0.1) is 29.6 Å². The van der Waals surface area contributed by atoms with Crippen molar-refractivity contribution >= 4 is 44.7 Å². The van der Waals surface area contributed by atoms with Crippen LogP contribution in [-0.2, 0) is 35.6 Å². The first-order valence-electron chi connectivity index (χ1n) is 20.3. The molecule has 4 atom stereocenters. The number of nitrogens with one attached hydrogen (secondary N) is 3. The molecule has 0 radical (unpaired) electrons. The Hall–Kier alpha value is -4.98. The highest BCUT2D eigenvalue weighted by Gasteiger charge is 2.47. The van der Waals surface area contributed by atoms with Gasteiger partial charge in [-0.05, 0) is 69.6 Å². The topological polar surface area (TPSA) is 173 Å². The molecule has 2 aliphatic heterocycles. The Kier molecular flexibility index (Phi) is 13.5. The predicted molar refractivity (Wildman–Crippen MR) is 218 cm³/mol. The van der Waals surface area contributed by atoms with E-state index < -0.39 is 62.8 Å². The van der Waals surface area contributed by atoms with Crippen LogP contribution in [0.1, 0.15) is 96.5 Å². The van der Waals surface area contributed by atoms with Crippen molar-refractivity contribution in [2.45, 2.75) is 126 Å². The minimum Gasteiger partial charge on any atom is -0.488 e. The van der Waals surface area contributed by atoms with Crippen molar-refractivity contribution in [3.05, 3.63) is 72.8 Å². The van der Waals surface area contributed by atoms with E-state index in [1.807, 2.05) is 49.4 Å². The molecule has 13 nitrogen and oxygen atoms in total. The van der Waals surface area contributed by atoms with E-state index >= 15 is 0 Å². The highest BCUT2D eigenvalue weighted by molar-refractivity contribution is 7.91. The van der Waals surface area contributed by atoms with E-state index in [2.05, 4.69) is 34.1 Å². The molecule has 306 valence electrons. The Labute approximate surface area is 335 Å². The van der Waals surface area contributed by atoms with Gasteiger partial charge in [-0.15, -0.1) is 6.58 Å². The highest BCUT2D eigenvalue weighted by Crippen LogP contribution is 2.35. The van der Waals surface area contributed by atoms with Crippen LogP contribution in [0.5, 0.6) is 5.75 Å². The Balaban J connectivity index is 1.37. The smallest absolute Gasteiger partial charge is 0.407 e. The lowest BCUT2D eigenvalue weighted by atomic mass is 9.96. The SMILES string of the molecule is C=CCC(C)(NC(=O)[C@@H]1C[C@@H]2CN1C(=O)[C@H](CCCC)NC(=O)OCCCCCCCc1ccc3nc(-c4ccccc4)cc(c3c1)O2)C(=O)NS(=O)(=O)C1CC1. The lowest BCUT2D eigenvalue weighted by molar-refractivity contribution is -0.142. The summed E-state index contributed by atoms with van der Waals surface area (Å²) in [6.45, 7) is 7.37. The molecule has 0 spiro atoms. The zero-order valence-corrected chi connectivity index (χ0v) is 33.8. The molecule has 1 saturated heterocycles. The minimum absolute atomic E-state index is 0.000871. The summed E-state index contributed by atoms with van der Waals surface area (Å²) in [5.74, 6) is -1.49. The summed E-state index contributed by atoms with van der Waals surface area (Å²) in [4.78, 5) is 61.9. The van der Waals surface area contributed by atoms with E-state index in [0.717, 1.165) is 60.6 Å². The van der Waals surface area contributed by atoms with Gasteiger partial charge < -0.3 is 25.0 Å². The number of aryl methyl sites for hydroxylation is 1. The van der Waals surface area contributed by atoms with E-state index in [9.17, 15) is 27.6 Å². The molecule has 57 heavy (non-hydrogen) atoms. The van der Waals surface area contributed by atoms with Crippen LogP contribution in [-0.4, -0.2) is 84.2 Å². The van der Waals surface area contributed by atoms with Crippen molar-refractivity contribution in [1.82, 2.24) is 25.2 Å². The van der Waals surface area contributed by atoms with Crippen molar-refractivity contribution in [2.24, 2.45) is 0 Å². The van der Waals surface area contributed by atoms with Crippen LogP contribution in [0.4, 0.5) is 4.79 Å². The lowest BCUT2D eigenvalue weighted by Gasteiger charge is -2.33. The Morgan fingerprint density at radius 1 is 1.05 bits per heavy atom. The largest absolute Gasteiger partial charge is 0.488 e. The molecule has 3 N–H and O–H groups in total. The average molecular weight is 802 g/mol. The summed E-state index contributed by atoms with van der Waals surface area (Å²) in [6, 6.07) is 15.7. The lowest BCUT2D eigenvalue weighted by Crippen LogP contribution is -2.61. The summed E-state index contributed by atoms with van der Waals surface area (Å²) in [7, 11) is -3.92. The standard InChI is InChI=1S/C43H55N5O8S/c1-4-6-18-35-40(50)48-28-31(26-37(48)39(49)46-43(3,23-5-2)41(51)47-57(53,54)32-20-21-32)56-38-27-36(30-16-12-10-13-17-30)44-34-22-19-29(25-33(34)38)15-11-8-7-9-14-24-55-42(52)45-35/h5,10,12-13,16-17,19,22,25,27,31-32,35,37H,2,4,6-9,11,14-15,18,20-21,23-24,26,28H2,1,3H3,(H,45,52)(H,46,49)(H,47,51)/t31-,35+,37+,43?/m1/s1. The number of carbonyl (C=O) groups excluding carboxylic acids is 4. The second-order valence-electron chi connectivity index (χ2n) is 15.7.